The van der Waals surface area contributed by atoms with Crippen molar-refractivity contribution in [2.45, 2.75) is 64.0 Å². The van der Waals surface area contributed by atoms with Crippen LogP contribution in [0.1, 0.15) is 51.9 Å². The number of hydrogen-bond donors (Lipinski definition) is 2. The van der Waals surface area contributed by atoms with Crippen molar-refractivity contribution in [2.24, 2.45) is 5.92 Å². The summed E-state index contributed by atoms with van der Waals surface area (Å²) in [6.45, 7) is 4.65. The SMILES string of the molecule is C[C@H]1C[C@@H](C(=O)NCCCOC2CCCC2)CCN1. The van der Waals surface area contributed by atoms with Crippen molar-refractivity contribution < 1.29 is 9.53 Å². The normalized spacial score (nSPS) is 28.5. The van der Waals surface area contributed by atoms with Gasteiger partial charge in [0.1, 0.15) is 0 Å². The van der Waals surface area contributed by atoms with Gasteiger partial charge < -0.3 is 15.4 Å². The molecule has 0 aromatic rings. The Balaban J connectivity index is 1.51. The molecule has 2 fully saturated rings. The Kier molecular flexibility index (Phi) is 6.11. The Labute approximate surface area is 116 Å². The first kappa shape index (κ1) is 14.8. The van der Waals surface area contributed by atoms with Gasteiger partial charge in [0.15, 0.2) is 0 Å². The van der Waals surface area contributed by atoms with Crippen LogP contribution >= 0.6 is 0 Å². The van der Waals surface area contributed by atoms with Gasteiger partial charge in [0.25, 0.3) is 0 Å². The minimum absolute atomic E-state index is 0.201. The van der Waals surface area contributed by atoms with Crippen molar-refractivity contribution in [1.82, 2.24) is 10.6 Å². The number of carbonyl (C=O) groups excluding carboxylic acids is 1. The molecule has 1 saturated heterocycles. The lowest BCUT2D eigenvalue weighted by atomic mass is 9.92. The van der Waals surface area contributed by atoms with E-state index in [0.717, 1.165) is 39.0 Å². The second-order valence-electron chi connectivity index (χ2n) is 6.00. The fourth-order valence-corrected chi connectivity index (χ4v) is 3.10. The molecular formula is C15H28N2O2. The molecule has 0 spiro atoms. The fourth-order valence-electron chi connectivity index (χ4n) is 3.10. The van der Waals surface area contributed by atoms with Crippen LogP contribution in [0.2, 0.25) is 0 Å². The second kappa shape index (κ2) is 7.85. The number of ether oxygens (including phenoxy) is 1. The van der Waals surface area contributed by atoms with Crippen LogP contribution in [-0.4, -0.2) is 37.7 Å². The first-order chi connectivity index (χ1) is 9.25. The van der Waals surface area contributed by atoms with Gasteiger partial charge in [-0.15, -0.1) is 0 Å². The highest BCUT2D eigenvalue weighted by Gasteiger charge is 2.24. The van der Waals surface area contributed by atoms with E-state index < -0.39 is 0 Å². The van der Waals surface area contributed by atoms with E-state index in [0.29, 0.717) is 12.1 Å². The number of piperidine rings is 1. The standard InChI is InChI=1S/C15H28N2O2/c1-12-11-13(7-9-16-12)15(18)17-8-4-10-19-14-5-2-3-6-14/h12-14,16H,2-11H2,1H3,(H,17,18)/t12-,13-/m0/s1. The summed E-state index contributed by atoms with van der Waals surface area (Å²) in [5, 5.41) is 6.43. The Hall–Kier alpha value is -0.610. The molecule has 2 N–H and O–H groups in total. The summed E-state index contributed by atoms with van der Waals surface area (Å²) in [6, 6.07) is 0.468. The van der Waals surface area contributed by atoms with Gasteiger partial charge in [-0.3, -0.25) is 4.79 Å². The average Bonchev–Trinajstić information content (AvgIpc) is 2.91. The van der Waals surface area contributed by atoms with Gasteiger partial charge in [-0.05, 0) is 45.6 Å². The Bertz CT molecular complexity index is 277. The number of rotatable bonds is 6. The predicted molar refractivity (Wildman–Crippen MR) is 76.0 cm³/mol. The third-order valence-corrected chi connectivity index (χ3v) is 4.27. The van der Waals surface area contributed by atoms with Crippen molar-refractivity contribution >= 4 is 5.91 Å². The lowest BCUT2D eigenvalue weighted by Crippen LogP contribution is -2.42. The minimum Gasteiger partial charge on any atom is -0.378 e. The number of nitrogens with one attached hydrogen (secondary N) is 2. The highest BCUT2D eigenvalue weighted by atomic mass is 16.5. The zero-order valence-corrected chi connectivity index (χ0v) is 12.1. The summed E-state index contributed by atoms with van der Waals surface area (Å²) in [5.74, 6) is 0.432. The molecular weight excluding hydrogens is 240 g/mol. The molecule has 0 aromatic heterocycles. The molecule has 2 atom stereocenters. The van der Waals surface area contributed by atoms with Gasteiger partial charge >= 0.3 is 0 Å². The molecule has 1 aliphatic heterocycles. The van der Waals surface area contributed by atoms with Gasteiger partial charge in [0, 0.05) is 25.1 Å². The number of hydrogen-bond acceptors (Lipinski definition) is 3. The average molecular weight is 268 g/mol. The third kappa shape index (κ3) is 5.11. The summed E-state index contributed by atoms with van der Waals surface area (Å²) < 4.78 is 5.79. The van der Waals surface area contributed by atoms with Gasteiger partial charge in [-0.25, -0.2) is 0 Å². The Morgan fingerprint density at radius 2 is 2.11 bits per heavy atom. The van der Waals surface area contributed by atoms with E-state index in [1.54, 1.807) is 0 Å². The monoisotopic (exact) mass is 268 g/mol. The van der Waals surface area contributed by atoms with Crippen molar-refractivity contribution in [3.63, 3.8) is 0 Å². The van der Waals surface area contributed by atoms with E-state index >= 15 is 0 Å². The quantitative estimate of drug-likeness (QED) is 0.723. The molecule has 1 amide bonds. The van der Waals surface area contributed by atoms with E-state index in [4.69, 9.17) is 4.74 Å². The number of amides is 1. The van der Waals surface area contributed by atoms with Gasteiger partial charge in [0.2, 0.25) is 5.91 Å². The van der Waals surface area contributed by atoms with Gasteiger partial charge in [0.05, 0.1) is 6.10 Å². The first-order valence-corrected chi connectivity index (χ1v) is 7.88. The molecule has 2 rings (SSSR count). The Morgan fingerprint density at radius 3 is 2.84 bits per heavy atom. The topological polar surface area (TPSA) is 50.4 Å². The van der Waals surface area contributed by atoms with E-state index in [1.807, 2.05) is 0 Å². The molecule has 1 saturated carbocycles. The zero-order chi connectivity index (χ0) is 13.5. The highest BCUT2D eigenvalue weighted by Crippen LogP contribution is 2.20. The molecule has 1 aliphatic carbocycles. The second-order valence-corrected chi connectivity index (χ2v) is 6.00. The molecule has 110 valence electrons. The predicted octanol–water partition coefficient (Wildman–Crippen LogP) is 1.84. The largest absolute Gasteiger partial charge is 0.378 e. The maximum Gasteiger partial charge on any atom is 0.223 e. The van der Waals surface area contributed by atoms with Crippen LogP contribution in [0.15, 0.2) is 0 Å². The van der Waals surface area contributed by atoms with Crippen LogP contribution in [0.5, 0.6) is 0 Å². The van der Waals surface area contributed by atoms with Crippen molar-refractivity contribution in [3.8, 4) is 0 Å². The summed E-state index contributed by atoms with van der Waals surface area (Å²) in [7, 11) is 0. The summed E-state index contributed by atoms with van der Waals surface area (Å²) >= 11 is 0. The highest BCUT2D eigenvalue weighted by molar-refractivity contribution is 5.78. The minimum atomic E-state index is 0.201. The van der Waals surface area contributed by atoms with E-state index in [-0.39, 0.29) is 11.8 Å². The van der Waals surface area contributed by atoms with Crippen molar-refractivity contribution in [2.75, 3.05) is 19.7 Å². The van der Waals surface area contributed by atoms with Crippen LogP contribution in [0.3, 0.4) is 0 Å². The zero-order valence-electron chi connectivity index (χ0n) is 12.1. The molecule has 4 nitrogen and oxygen atoms in total. The van der Waals surface area contributed by atoms with Gasteiger partial charge in [-0.1, -0.05) is 12.8 Å². The van der Waals surface area contributed by atoms with Crippen molar-refractivity contribution in [1.29, 1.82) is 0 Å². The molecule has 19 heavy (non-hydrogen) atoms. The molecule has 1 heterocycles. The van der Waals surface area contributed by atoms with E-state index in [2.05, 4.69) is 17.6 Å². The molecule has 0 aromatic carbocycles. The molecule has 0 radical (unpaired) electrons. The van der Waals surface area contributed by atoms with Gasteiger partial charge in [-0.2, -0.15) is 0 Å². The maximum absolute atomic E-state index is 12.0. The van der Waals surface area contributed by atoms with Crippen LogP contribution in [-0.2, 0) is 9.53 Å². The molecule has 0 bridgehead atoms. The smallest absolute Gasteiger partial charge is 0.223 e. The molecule has 0 unspecified atom stereocenters. The fraction of sp³-hybridized carbons (Fsp3) is 0.933. The lowest BCUT2D eigenvalue weighted by molar-refractivity contribution is -0.126. The Morgan fingerprint density at radius 1 is 1.32 bits per heavy atom. The summed E-state index contributed by atoms with van der Waals surface area (Å²) in [5.41, 5.74) is 0. The number of carbonyl (C=O) groups is 1. The van der Waals surface area contributed by atoms with Crippen LogP contribution in [0.4, 0.5) is 0 Å². The van der Waals surface area contributed by atoms with Crippen LogP contribution < -0.4 is 10.6 Å². The van der Waals surface area contributed by atoms with Crippen LogP contribution in [0, 0.1) is 5.92 Å². The summed E-state index contributed by atoms with van der Waals surface area (Å²) in [6.07, 6.45) is 8.42. The van der Waals surface area contributed by atoms with Crippen molar-refractivity contribution in [3.05, 3.63) is 0 Å². The molecule has 2 aliphatic rings. The first-order valence-electron chi connectivity index (χ1n) is 7.88. The van der Waals surface area contributed by atoms with Crippen LogP contribution in [0.25, 0.3) is 0 Å². The maximum atomic E-state index is 12.0. The van der Waals surface area contributed by atoms with E-state index in [1.165, 1.54) is 25.7 Å². The third-order valence-electron chi connectivity index (χ3n) is 4.27. The lowest BCUT2D eigenvalue weighted by Gasteiger charge is -2.27. The van der Waals surface area contributed by atoms with E-state index in [9.17, 15) is 4.79 Å². The molecule has 4 heteroatoms. The summed E-state index contributed by atoms with van der Waals surface area (Å²) in [4.78, 5) is 12.0.